The molecule has 3 heteroatoms. The van der Waals surface area contributed by atoms with Gasteiger partial charge in [-0.1, -0.05) is 36.0 Å². The summed E-state index contributed by atoms with van der Waals surface area (Å²) in [6.45, 7) is 0. The largest absolute Gasteiger partial charge is 0.204 e. The van der Waals surface area contributed by atoms with Crippen molar-refractivity contribution >= 4 is 11.8 Å². The molecule has 0 amide bonds. The molecule has 0 aliphatic heterocycles. The van der Waals surface area contributed by atoms with Crippen LogP contribution in [0.15, 0.2) is 58.3 Å². The van der Waals surface area contributed by atoms with Crippen LogP contribution in [0.4, 0.5) is 8.78 Å². The standard InChI is InChI=1S/C12H8F2S/c13-10-7-4-8-11(12(10)14)15-9-5-2-1-3-6-9/h1-8H. The molecule has 0 atom stereocenters. The Bertz CT molecular complexity index is 454. The average Bonchev–Trinajstić information content (AvgIpc) is 2.26. The quantitative estimate of drug-likeness (QED) is 0.736. The van der Waals surface area contributed by atoms with Crippen molar-refractivity contribution in [3.05, 3.63) is 60.2 Å². The van der Waals surface area contributed by atoms with Crippen LogP contribution in [0.2, 0.25) is 0 Å². The van der Waals surface area contributed by atoms with E-state index in [1.165, 1.54) is 17.8 Å². The van der Waals surface area contributed by atoms with Gasteiger partial charge in [0.15, 0.2) is 11.6 Å². The third-order valence-corrected chi connectivity index (χ3v) is 2.93. The lowest BCUT2D eigenvalue weighted by molar-refractivity contribution is 0.491. The molecule has 2 aromatic carbocycles. The van der Waals surface area contributed by atoms with Crippen molar-refractivity contribution in [2.75, 3.05) is 0 Å². The number of halogens is 2. The minimum absolute atomic E-state index is 0.307. The van der Waals surface area contributed by atoms with Crippen LogP contribution in [0.3, 0.4) is 0 Å². The topological polar surface area (TPSA) is 0 Å². The number of rotatable bonds is 2. The molecule has 0 unspecified atom stereocenters. The Kier molecular flexibility index (Phi) is 3.02. The van der Waals surface area contributed by atoms with Crippen LogP contribution in [0.25, 0.3) is 0 Å². The predicted octanol–water partition coefficient (Wildman–Crippen LogP) is 4.12. The fourth-order valence-corrected chi connectivity index (χ4v) is 2.06. The van der Waals surface area contributed by atoms with Crippen LogP contribution in [0.5, 0.6) is 0 Å². The Hall–Kier alpha value is -1.35. The van der Waals surface area contributed by atoms with E-state index >= 15 is 0 Å². The van der Waals surface area contributed by atoms with Crippen molar-refractivity contribution in [3.63, 3.8) is 0 Å². The second kappa shape index (κ2) is 4.45. The van der Waals surface area contributed by atoms with Gasteiger partial charge in [0.1, 0.15) is 0 Å². The van der Waals surface area contributed by atoms with E-state index in [1.807, 2.05) is 30.3 Å². The highest BCUT2D eigenvalue weighted by molar-refractivity contribution is 7.99. The van der Waals surface area contributed by atoms with Crippen molar-refractivity contribution in [1.29, 1.82) is 0 Å². The maximum atomic E-state index is 13.3. The minimum atomic E-state index is -0.809. The Morgan fingerprint density at radius 1 is 0.800 bits per heavy atom. The Morgan fingerprint density at radius 3 is 2.27 bits per heavy atom. The first-order valence-electron chi connectivity index (χ1n) is 4.44. The van der Waals surface area contributed by atoms with Crippen LogP contribution < -0.4 is 0 Å². The maximum Gasteiger partial charge on any atom is 0.172 e. The second-order valence-corrected chi connectivity index (χ2v) is 4.08. The molecule has 0 heterocycles. The molecule has 0 saturated carbocycles. The fraction of sp³-hybridized carbons (Fsp3) is 0. The highest BCUT2D eigenvalue weighted by atomic mass is 32.2. The Labute approximate surface area is 90.9 Å². The normalized spacial score (nSPS) is 10.3. The molecule has 0 aliphatic carbocycles. The van der Waals surface area contributed by atoms with Gasteiger partial charge in [0.25, 0.3) is 0 Å². The smallest absolute Gasteiger partial charge is 0.172 e. The molecule has 0 aromatic heterocycles. The van der Waals surface area contributed by atoms with Gasteiger partial charge in [0.05, 0.1) is 4.90 Å². The highest BCUT2D eigenvalue weighted by Crippen LogP contribution is 2.30. The third kappa shape index (κ3) is 2.36. The van der Waals surface area contributed by atoms with Crippen LogP contribution in [0.1, 0.15) is 0 Å². The molecule has 0 fully saturated rings. The van der Waals surface area contributed by atoms with Gasteiger partial charge >= 0.3 is 0 Å². The van der Waals surface area contributed by atoms with Crippen LogP contribution in [-0.2, 0) is 0 Å². The molecule has 76 valence electrons. The van der Waals surface area contributed by atoms with E-state index < -0.39 is 11.6 Å². The van der Waals surface area contributed by atoms with Gasteiger partial charge in [-0.25, -0.2) is 8.78 Å². The van der Waals surface area contributed by atoms with Crippen LogP contribution in [-0.4, -0.2) is 0 Å². The Balaban J connectivity index is 2.29. The zero-order valence-electron chi connectivity index (χ0n) is 7.78. The summed E-state index contributed by atoms with van der Waals surface area (Å²) in [5.74, 6) is -1.60. The monoisotopic (exact) mass is 222 g/mol. The van der Waals surface area contributed by atoms with E-state index in [0.29, 0.717) is 4.90 Å². The molecule has 0 radical (unpaired) electrons. The number of benzene rings is 2. The molecule has 2 aromatic rings. The van der Waals surface area contributed by atoms with Crippen LogP contribution in [0, 0.1) is 11.6 Å². The second-order valence-electron chi connectivity index (χ2n) is 2.97. The van der Waals surface area contributed by atoms with Gasteiger partial charge in [-0.05, 0) is 24.3 Å². The molecule has 2 rings (SSSR count). The lowest BCUT2D eigenvalue weighted by Crippen LogP contribution is -1.86. The van der Waals surface area contributed by atoms with E-state index in [4.69, 9.17) is 0 Å². The minimum Gasteiger partial charge on any atom is -0.204 e. The van der Waals surface area contributed by atoms with E-state index in [2.05, 4.69) is 0 Å². The van der Waals surface area contributed by atoms with Gasteiger partial charge in [0.2, 0.25) is 0 Å². The van der Waals surface area contributed by atoms with Crippen molar-refractivity contribution in [1.82, 2.24) is 0 Å². The first kappa shape index (κ1) is 10.2. The zero-order chi connectivity index (χ0) is 10.7. The van der Waals surface area contributed by atoms with Crippen molar-refractivity contribution in [2.24, 2.45) is 0 Å². The molecule has 0 saturated heterocycles. The summed E-state index contributed by atoms with van der Waals surface area (Å²) in [5.41, 5.74) is 0. The lowest BCUT2D eigenvalue weighted by Gasteiger charge is -2.02. The molecule has 0 nitrogen and oxygen atoms in total. The summed E-state index contributed by atoms with van der Waals surface area (Å²) in [4.78, 5) is 1.20. The molecular formula is C12H8F2S. The summed E-state index contributed by atoms with van der Waals surface area (Å²) in [5, 5.41) is 0. The Morgan fingerprint density at radius 2 is 1.53 bits per heavy atom. The summed E-state index contributed by atoms with van der Waals surface area (Å²) >= 11 is 1.21. The van der Waals surface area contributed by atoms with Gasteiger partial charge in [-0.15, -0.1) is 0 Å². The molecule has 0 N–H and O–H groups in total. The van der Waals surface area contributed by atoms with Crippen LogP contribution >= 0.6 is 11.8 Å². The number of hydrogen-bond acceptors (Lipinski definition) is 1. The first-order chi connectivity index (χ1) is 7.27. The molecule has 0 aliphatic rings. The summed E-state index contributed by atoms with van der Waals surface area (Å²) in [6, 6.07) is 13.5. The first-order valence-corrected chi connectivity index (χ1v) is 5.26. The molecule has 15 heavy (non-hydrogen) atoms. The zero-order valence-corrected chi connectivity index (χ0v) is 8.60. The highest BCUT2D eigenvalue weighted by Gasteiger charge is 2.08. The van der Waals surface area contributed by atoms with Gasteiger partial charge in [-0.3, -0.25) is 0 Å². The van der Waals surface area contributed by atoms with Crippen molar-refractivity contribution in [2.45, 2.75) is 9.79 Å². The van der Waals surface area contributed by atoms with Crippen molar-refractivity contribution in [3.8, 4) is 0 Å². The lowest BCUT2D eigenvalue weighted by atomic mass is 10.3. The number of hydrogen-bond donors (Lipinski definition) is 0. The van der Waals surface area contributed by atoms with Crippen molar-refractivity contribution < 1.29 is 8.78 Å². The average molecular weight is 222 g/mol. The van der Waals surface area contributed by atoms with Gasteiger partial charge in [-0.2, -0.15) is 0 Å². The molecule has 0 spiro atoms. The molecular weight excluding hydrogens is 214 g/mol. The summed E-state index contributed by atoms with van der Waals surface area (Å²) < 4.78 is 26.2. The van der Waals surface area contributed by atoms with Gasteiger partial charge in [0, 0.05) is 4.90 Å². The van der Waals surface area contributed by atoms with E-state index in [-0.39, 0.29) is 0 Å². The molecule has 0 bridgehead atoms. The van der Waals surface area contributed by atoms with Gasteiger partial charge < -0.3 is 0 Å². The summed E-state index contributed by atoms with van der Waals surface area (Å²) in [6.07, 6.45) is 0. The predicted molar refractivity (Wildman–Crippen MR) is 56.9 cm³/mol. The SMILES string of the molecule is Fc1cccc(Sc2ccccc2)c1F. The summed E-state index contributed by atoms with van der Waals surface area (Å²) in [7, 11) is 0. The third-order valence-electron chi connectivity index (χ3n) is 1.89. The maximum absolute atomic E-state index is 13.3. The van der Waals surface area contributed by atoms with E-state index in [1.54, 1.807) is 6.07 Å². The van der Waals surface area contributed by atoms with E-state index in [0.717, 1.165) is 11.0 Å². The van der Waals surface area contributed by atoms with E-state index in [9.17, 15) is 8.78 Å². The fourth-order valence-electron chi connectivity index (χ4n) is 1.18.